The van der Waals surface area contributed by atoms with Crippen LogP contribution in [0.15, 0.2) is 30.3 Å². The number of ether oxygens (including phenoxy) is 1. The summed E-state index contributed by atoms with van der Waals surface area (Å²) >= 11 is 0. The molecule has 1 aromatic rings. The fourth-order valence-electron chi connectivity index (χ4n) is 2.85. The smallest absolute Gasteiger partial charge is 0.325 e. The Labute approximate surface area is 123 Å². The molecule has 6 nitrogen and oxygen atoms in total. The maximum atomic E-state index is 12.5. The number of para-hydroxylation sites is 1. The zero-order valence-electron chi connectivity index (χ0n) is 11.8. The average molecular weight is 289 g/mol. The Bertz CT molecular complexity index is 526. The molecular formula is C15H19N3O3. The van der Waals surface area contributed by atoms with Gasteiger partial charge in [0, 0.05) is 6.54 Å². The minimum absolute atomic E-state index is 0.142. The average Bonchev–Trinajstić information content (AvgIpc) is 2.73. The van der Waals surface area contributed by atoms with Gasteiger partial charge in [-0.1, -0.05) is 18.2 Å². The summed E-state index contributed by atoms with van der Waals surface area (Å²) in [4.78, 5) is 25.8. The van der Waals surface area contributed by atoms with Crippen molar-refractivity contribution in [3.8, 4) is 5.75 Å². The third-order valence-electron chi connectivity index (χ3n) is 3.96. The Balaban J connectivity index is 1.58. The number of urea groups is 1. The largest absolute Gasteiger partial charge is 0.492 e. The number of benzene rings is 1. The van der Waals surface area contributed by atoms with Gasteiger partial charge in [-0.15, -0.1) is 0 Å². The molecule has 1 spiro atoms. The molecule has 2 heterocycles. The van der Waals surface area contributed by atoms with Gasteiger partial charge >= 0.3 is 6.03 Å². The molecule has 2 aliphatic heterocycles. The van der Waals surface area contributed by atoms with Crippen molar-refractivity contribution in [1.29, 1.82) is 0 Å². The van der Waals surface area contributed by atoms with Crippen LogP contribution in [0.3, 0.4) is 0 Å². The topological polar surface area (TPSA) is 70.7 Å². The minimum Gasteiger partial charge on any atom is -0.492 e. The zero-order chi connectivity index (χ0) is 14.7. The lowest BCUT2D eigenvalue weighted by Gasteiger charge is -2.31. The number of rotatable bonds is 4. The van der Waals surface area contributed by atoms with E-state index in [1.54, 1.807) is 0 Å². The lowest BCUT2D eigenvalue weighted by Crippen LogP contribution is -2.57. The van der Waals surface area contributed by atoms with E-state index in [4.69, 9.17) is 4.74 Å². The fourth-order valence-corrected chi connectivity index (χ4v) is 2.85. The number of nitrogens with one attached hydrogen (secondary N) is 2. The first-order chi connectivity index (χ1) is 10.2. The first-order valence-electron chi connectivity index (χ1n) is 7.24. The number of hydrogen-bond acceptors (Lipinski definition) is 4. The summed E-state index contributed by atoms with van der Waals surface area (Å²) in [5.74, 6) is 0.593. The number of imide groups is 1. The lowest BCUT2D eigenvalue weighted by atomic mass is 9.90. The van der Waals surface area contributed by atoms with Gasteiger partial charge in [0.25, 0.3) is 5.91 Å². The molecule has 2 N–H and O–H groups in total. The summed E-state index contributed by atoms with van der Waals surface area (Å²) in [5.41, 5.74) is -0.748. The summed E-state index contributed by atoms with van der Waals surface area (Å²) in [5, 5.41) is 6.01. The summed E-state index contributed by atoms with van der Waals surface area (Å²) in [6, 6.07) is 9.04. The van der Waals surface area contributed by atoms with Gasteiger partial charge in [-0.05, 0) is 31.5 Å². The van der Waals surface area contributed by atoms with E-state index in [0.717, 1.165) is 18.7 Å². The standard InChI is InChI=1S/C15H19N3O3/c19-13-15(7-4-8-16-11-15)17-14(20)18(13)9-10-21-12-5-2-1-3-6-12/h1-3,5-6,16H,4,7-11H2,(H,17,20). The maximum Gasteiger partial charge on any atom is 0.325 e. The first kappa shape index (κ1) is 13.9. The van der Waals surface area contributed by atoms with Crippen LogP contribution in [0.1, 0.15) is 12.8 Å². The normalized spacial score (nSPS) is 25.2. The highest BCUT2D eigenvalue weighted by Gasteiger charge is 2.51. The van der Waals surface area contributed by atoms with E-state index in [0.29, 0.717) is 19.6 Å². The van der Waals surface area contributed by atoms with Crippen LogP contribution in [0, 0.1) is 0 Å². The molecule has 2 fully saturated rings. The Morgan fingerprint density at radius 1 is 1.24 bits per heavy atom. The van der Waals surface area contributed by atoms with Crippen LogP contribution >= 0.6 is 0 Å². The molecule has 21 heavy (non-hydrogen) atoms. The summed E-state index contributed by atoms with van der Waals surface area (Å²) in [6.45, 7) is 1.96. The van der Waals surface area contributed by atoms with Gasteiger partial charge in [-0.3, -0.25) is 9.69 Å². The summed E-state index contributed by atoms with van der Waals surface area (Å²) in [6.07, 6.45) is 1.58. The van der Waals surface area contributed by atoms with Gasteiger partial charge < -0.3 is 15.4 Å². The van der Waals surface area contributed by atoms with Gasteiger partial charge in [0.15, 0.2) is 0 Å². The van der Waals surface area contributed by atoms with Crippen LogP contribution in [-0.2, 0) is 4.79 Å². The van der Waals surface area contributed by atoms with Crippen LogP contribution in [0.5, 0.6) is 5.75 Å². The Morgan fingerprint density at radius 3 is 2.76 bits per heavy atom. The third-order valence-corrected chi connectivity index (χ3v) is 3.96. The lowest BCUT2D eigenvalue weighted by molar-refractivity contribution is -0.132. The molecule has 3 rings (SSSR count). The quantitative estimate of drug-likeness (QED) is 0.802. The second-order valence-electron chi connectivity index (χ2n) is 5.41. The Kier molecular flexibility index (Phi) is 3.79. The van der Waals surface area contributed by atoms with E-state index in [9.17, 15) is 9.59 Å². The van der Waals surface area contributed by atoms with E-state index < -0.39 is 5.54 Å². The van der Waals surface area contributed by atoms with Gasteiger partial charge in [-0.25, -0.2) is 4.79 Å². The van der Waals surface area contributed by atoms with E-state index in [1.807, 2.05) is 30.3 Å². The molecular weight excluding hydrogens is 270 g/mol. The predicted molar refractivity (Wildman–Crippen MR) is 77.0 cm³/mol. The van der Waals surface area contributed by atoms with Crippen molar-refractivity contribution < 1.29 is 14.3 Å². The van der Waals surface area contributed by atoms with E-state index in [1.165, 1.54) is 4.90 Å². The van der Waals surface area contributed by atoms with Gasteiger partial charge in [0.05, 0.1) is 6.54 Å². The minimum atomic E-state index is -0.748. The molecule has 0 bridgehead atoms. The summed E-state index contributed by atoms with van der Waals surface area (Å²) < 4.78 is 5.55. The molecule has 1 aromatic carbocycles. The van der Waals surface area contributed by atoms with Gasteiger partial charge in [-0.2, -0.15) is 0 Å². The first-order valence-corrected chi connectivity index (χ1v) is 7.24. The van der Waals surface area contributed by atoms with Crippen LogP contribution < -0.4 is 15.4 Å². The number of nitrogens with zero attached hydrogens (tertiary/aromatic N) is 1. The van der Waals surface area contributed by atoms with Gasteiger partial charge in [0.2, 0.25) is 0 Å². The van der Waals surface area contributed by atoms with E-state index >= 15 is 0 Å². The van der Waals surface area contributed by atoms with E-state index in [-0.39, 0.29) is 18.5 Å². The van der Waals surface area contributed by atoms with Crippen molar-refractivity contribution in [2.45, 2.75) is 18.4 Å². The highest BCUT2D eigenvalue weighted by Crippen LogP contribution is 2.24. The SMILES string of the molecule is O=C1NC2(CCCNC2)C(=O)N1CCOc1ccccc1. The molecule has 3 amide bonds. The predicted octanol–water partition coefficient (Wildman–Crippen LogP) is 0.739. The highest BCUT2D eigenvalue weighted by atomic mass is 16.5. The molecule has 112 valence electrons. The number of carbonyl (C=O) groups excluding carboxylic acids is 2. The number of piperidine rings is 1. The molecule has 0 aromatic heterocycles. The molecule has 2 saturated heterocycles. The monoisotopic (exact) mass is 289 g/mol. The van der Waals surface area contributed by atoms with Crippen LogP contribution in [0.2, 0.25) is 0 Å². The fraction of sp³-hybridized carbons (Fsp3) is 0.467. The van der Waals surface area contributed by atoms with Crippen molar-refractivity contribution in [3.05, 3.63) is 30.3 Å². The van der Waals surface area contributed by atoms with Crippen molar-refractivity contribution >= 4 is 11.9 Å². The number of carbonyl (C=O) groups is 2. The molecule has 0 aliphatic carbocycles. The Morgan fingerprint density at radius 2 is 2.05 bits per heavy atom. The molecule has 0 saturated carbocycles. The summed E-state index contributed by atoms with van der Waals surface area (Å²) in [7, 11) is 0. The van der Waals surface area contributed by atoms with Crippen LogP contribution in [0.25, 0.3) is 0 Å². The molecule has 2 aliphatic rings. The van der Waals surface area contributed by atoms with Gasteiger partial charge in [0.1, 0.15) is 17.9 Å². The Hall–Kier alpha value is -2.08. The highest BCUT2D eigenvalue weighted by molar-refractivity contribution is 6.07. The van der Waals surface area contributed by atoms with Crippen molar-refractivity contribution in [3.63, 3.8) is 0 Å². The molecule has 6 heteroatoms. The van der Waals surface area contributed by atoms with Crippen molar-refractivity contribution in [2.75, 3.05) is 26.2 Å². The van der Waals surface area contributed by atoms with Crippen molar-refractivity contribution in [1.82, 2.24) is 15.5 Å². The number of amides is 3. The van der Waals surface area contributed by atoms with Crippen LogP contribution in [0.4, 0.5) is 4.79 Å². The van der Waals surface area contributed by atoms with Crippen LogP contribution in [-0.4, -0.2) is 48.6 Å². The molecule has 1 atom stereocenters. The van der Waals surface area contributed by atoms with E-state index in [2.05, 4.69) is 10.6 Å². The molecule has 1 unspecified atom stereocenters. The second-order valence-corrected chi connectivity index (χ2v) is 5.41. The zero-order valence-corrected chi connectivity index (χ0v) is 11.8. The molecule has 0 radical (unpaired) electrons. The van der Waals surface area contributed by atoms with Crippen molar-refractivity contribution in [2.24, 2.45) is 0 Å². The number of hydrogen-bond donors (Lipinski definition) is 2. The maximum absolute atomic E-state index is 12.5. The second kappa shape index (κ2) is 5.73. The third kappa shape index (κ3) is 2.71.